The van der Waals surface area contributed by atoms with Crippen LogP contribution in [-0.2, 0) is 12.5 Å². The van der Waals surface area contributed by atoms with Crippen LogP contribution in [0.1, 0.15) is 32.2 Å². The molecule has 2 rings (SSSR count). The molecule has 0 amide bonds. The van der Waals surface area contributed by atoms with Crippen molar-refractivity contribution < 1.29 is 0 Å². The Morgan fingerprint density at radius 3 is 2.35 bits per heavy atom. The molecule has 0 radical (unpaired) electrons. The van der Waals surface area contributed by atoms with Crippen molar-refractivity contribution in [2.24, 2.45) is 7.05 Å². The van der Waals surface area contributed by atoms with E-state index >= 15 is 0 Å². The molecule has 0 saturated heterocycles. The first-order chi connectivity index (χ1) is 9.25. The average Bonchev–Trinajstić information content (AvgIpc) is 2.69. The van der Waals surface area contributed by atoms with E-state index in [1.807, 2.05) is 31.9 Å². The zero-order valence-electron chi connectivity index (χ0n) is 12.7. The van der Waals surface area contributed by atoms with Crippen molar-refractivity contribution in [1.82, 2.24) is 19.7 Å². The number of aryl methyl sites for hydroxylation is 1. The van der Waals surface area contributed by atoms with E-state index in [0.717, 1.165) is 32.2 Å². The molecule has 0 bridgehead atoms. The lowest BCUT2D eigenvalue weighted by molar-refractivity contribution is 0.564. The number of nitrogens with one attached hydrogen (secondary N) is 1. The normalized spacial score (nSPS) is 11.8. The molecule has 0 saturated carbocycles. The summed E-state index contributed by atoms with van der Waals surface area (Å²) in [5.74, 6) is 1.59. The fourth-order valence-corrected chi connectivity index (χ4v) is 3.27. The molecule has 0 unspecified atom stereocenters. The van der Waals surface area contributed by atoms with Gasteiger partial charge in [-0.3, -0.25) is 4.68 Å². The van der Waals surface area contributed by atoms with Crippen LogP contribution in [0.2, 0.25) is 0 Å². The molecule has 2 aromatic heterocycles. The maximum atomic E-state index is 4.78. The van der Waals surface area contributed by atoms with Gasteiger partial charge in [-0.15, -0.1) is 0 Å². The maximum absolute atomic E-state index is 4.78. The summed E-state index contributed by atoms with van der Waals surface area (Å²) in [6.07, 6.45) is 1.82. The minimum absolute atomic E-state index is 0.0318. The summed E-state index contributed by atoms with van der Waals surface area (Å²) in [5, 5.41) is 7.44. The Balaban J connectivity index is 2.69. The number of hydrogen-bond donors (Lipinski definition) is 1. The molecular weight excluding hydrogens is 365 g/mol. The van der Waals surface area contributed by atoms with E-state index in [-0.39, 0.29) is 5.41 Å². The van der Waals surface area contributed by atoms with Crippen LogP contribution in [0.15, 0.2) is 6.20 Å². The number of nitrogens with zero attached hydrogens (tertiary/aromatic N) is 4. The van der Waals surface area contributed by atoms with Crippen LogP contribution in [0, 0.1) is 10.5 Å². The van der Waals surface area contributed by atoms with Gasteiger partial charge in [0.05, 0.1) is 21.0 Å². The summed E-state index contributed by atoms with van der Waals surface area (Å²) in [6, 6.07) is 0. The van der Waals surface area contributed by atoms with Crippen LogP contribution < -0.4 is 5.32 Å². The minimum atomic E-state index is -0.0318. The van der Waals surface area contributed by atoms with E-state index in [4.69, 9.17) is 4.98 Å². The second kappa shape index (κ2) is 5.31. The van der Waals surface area contributed by atoms with Crippen LogP contribution in [0.4, 0.5) is 5.82 Å². The zero-order chi connectivity index (χ0) is 15.1. The quantitative estimate of drug-likeness (QED) is 0.808. The number of anilines is 1. The lowest BCUT2D eigenvalue weighted by Gasteiger charge is -2.21. The Hall–Kier alpha value is -1.18. The van der Waals surface area contributed by atoms with Gasteiger partial charge in [0.25, 0.3) is 0 Å². The van der Waals surface area contributed by atoms with Crippen LogP contribution in [0.25, 0.3) is 11.4 Å². The van der Waals surface area contributed by atoms with Crippen molar-refractivity contribution in [3.05, 3.63) is 21.2 Å². The highest BCUT2D eigenvalue weighted by Gasteiger charge is 2.24. The van der Waals surface area contributed by atoms with Gasteiger partial charge in [0, 0.05) is 25.2 Å². The summed E-state index contributed by atoms with van der Waals surface area (Å²) in [5.41, 5.74) is 3.06. The minimum Gasteiger partial charge on any atom is -0.372 e. The van der Waals surface area contributed by atoms with E-state index < -0.39 is 0 Å². The van der Waals surface area contributed by atoms with Gasteiger partial charge in [-0.2, -0.15) is 5.10 Å². The van der Waals surface area contributed by atoms with Crippen LogP contribution >= 0.6 is 22.6 Å². The van der Waals surface area contributed by atoms with Crippen molar-refractivity contribution in [2.75, 3.05) is 12.4 Å². The van der Waals surface area contributed by atoms with Gasteiger partial charge in [0.1, 0.15) is 5.82 Å². The zero-order valence-corrected chi connectivity index (χ0v) is 14.9. The molecule has 0 aliphatic heterocycles. The molecule has 0 spiro atoms. The number of halogens is 1. The predicted molar refractivity (Wildman–Crippen MR) is 89.9 cm³/mol. The lowest BCUT2D eigenvalue weighted by Crippen LogP contribution is -2.18. The van der Waals surface area contributed by atoms with Gasteiger partial charge in [0.15, 0.2) is 5.82 Å². The summed E-state index contributed by atoms with van der Waals surface area (Å²) in [7, 11) is 3.81. The third kappa shape index (κ3) is 2.65. The first-order valence-corrected chi connectivity index (χ1v) is 7.58. The van der Waals surface area contributed by atoms with E-state index in [0.29, 0.717) is 0 Å². The van der Waals surface area contributed by atoms with E-state index in [9.17, 15) is 0 Å². The van der Waals surface area contributed by atoms with Crippen LogP contribution in [0.5, 0.6) is 0 Å². The van der Waals surface area contributed by atoms with Crippen molar-refractivity contribution in [3.63, 3.8) is 0 Å². The average molecular weight is 385 g/mol. The van der Waals surface area contributed by atoms with Gasteiger partial charge in [0.2, 0.25) is 0 Å². The molecule has 5 nitrogen and oxygen atoms in total. The first-order valence-electron chi connectivity index (χ1n) is 6.50. The second-order valence-corrected chi connectivity index (χ2v) is 6.90. The van der Waals surface area contributed by atoms with Crippen molar-refractivity contribution in [2.45, 2.75) is 33.1 Å². The Labute approximate surface area is 133 Å². The fraction of sp³-hybridized carbons (Fsp3) is 0.500. The highest BCUT2D eigenvalue weighted by molar-refractivity contribution is 14.1. The third-order valence-electron chi connectivity index (χ3n) is 3.27. The van der Waals surface area contributed by atoms with Crippen molar-refractivity contribution >= 4 is 28.4 Å². The van der Waals surface area contributed by atoms with Crippen LogP contribution in [-0.4, -0.2) is 26.8 Å². The van der Waals surface area contributed by atoms with Crippen molar-refractivity contribution in [1.29, 1.82) is 0 Å². The highest BCUT2D eigenvalue weighted by atomic mass is 127. The SMILES string of the molecule is CNc1nc(-c2cnn(C)c2C)nc(C(C)(C)C)c1I. The smallest absolute Gasteiger partial charge is 0.165 e. The number of hydrogen-bond acceptors (Lipinski definition) is 4. The molecule has 0 fully saturated rings. The van der Waals surface area contributed by atoms with Gasteiger partial charge in [-0.25, -0.2) is 9.97 Å². The van der Waals surface area contributed by atoms with Crippen molar-refractivity contribution in [3.8, 4) is 11.4 Å². The predicted octanol–water partition coefficient (Wildman–Crippen LogP) is 3.13. The number of aromatic nitrogens is 4. The second-order valence-electron chi connectivity index (χ2n) is 5.83. The van der Waals surface area contributed by atoms with Crippen LogP contribution in [0.3, 0.4) is 0 Å². The van der Waals surface area contributed by atoms with Gasteiger partial charge in [-0.05, 0) is 29.5 Å². The Morgan fingerprint density at radius 2 is 1.90 bits per heavy atom. The monoisotopic (exact) mass is 385 g/mol. The molecule has 0 aromatic carbocycles. The summed E-state index contributed by atoms with van der Waals surface area (Å²) >= 11 is 2.31. The lowest BCUT2D eigenvalue weighted by atomic mass is 9.91. The molecule has 6 heteroatoms. The molecule has 2 heterocycles. The molecule has 1 N–H and O–H groups in total. The Bertz CT molecular complexity index is 640. The fourth-order valence-electron chi connectivity index (χ4n) is 1.95. The molecule has 108 valence electrons. The third-order valence-corrected chi connectivity index (χ3v) is 4.30. The molecule has 0 aliphatic rings. The number of rotatable bonds is 2. The Kier molecular flexibility index (Phi) is 4.04. The van der Waals surface area contributed by atoms with Gasteiger partial charge < -0.3 is 5.32 Å². The largest absolute Gasteiger partial charge is 0.372 e. The maximum Gasteiger partial charge on any atom is 0.165 e. The van der Waals surface area contributed by atoms with E-state index in [1.54, 1.807) is 0 Å². The molecule has 2 aromatic rings. The van der Waals surface area contributed by atoms with Gasteiger partial charge in [-0.1, -0.05) is 20.8 Å². The topological polar surface area (TPSA) is 55.6 Å². The highest BCUT2D eigenvalue weighted by Crippen LogP contribution is 2.32. The molecule has 0 aliphatic carbocycles. The summed E-state index contributed by atoms with van der Waals surface area (Å²) in [4.78, 5) is 9.41. The summed E-state index contributed by atoms with van der Waals surface area (Å²) < 4.78 is 2.91. The first kappa shape index (κ1) is 15.2. The Morgan fingerprint density at radius 1 is 1.25 bits per heavy atom. The summed E-state index contributed by atoms with van der Waals surface area (Å²) in [6.45, 7) is 8.52. The van der Waals surface area contributed by atoms with Gasteiger partial charge >= 0.3 is 0 Å². The van der Waals surface area contributed by atoms with E-state index in [1.165, 1.54) is 0 Å². The standard InChI is InChI=1S/C14H20IN5/c1-8-9(7-17-20(8)6)12-18-11(14(2,3)4)10(15)13(16-5)19-12/h7H,1-6H3,(H,16,18,19). The molecular formula is C14H20IN5. The molecule has 0 atom stereocenters. The van der Waals surface area contributed by atoms with E-state index in [2.05, 4.69) is 58.8 Å². The molecule has 20 heavy (non-hydrogen) atoms.